The van der Waals surface area contributed by atoms with Gasteiger partial charge in [-0.2, -0.15) is 4.98 Å². The summed E-state index contributed by atoms with van der Waals surface area (Å²) >= 11 is 0. The van der Waals surface area contributed by atoms with Crippen molar-refractivity contribution in [1.29, 1.82) is 0 Å². The molecule has 2 atom stereocenters. The van der Waals surface area contributed by atoms with Crippen LogP contribution < -0.4 is 5.32 Å². The van der Waals surface area contributed by atoms with E-state index in [4.69, 9.17) is 4.52 Å². The largest absolute Gasteiger partial charge is 0.344 e. The summed E-state index contributed by atoms with van der Waals surface area (Å²) in [6.07, 6.45) is 12.1. The van der Waals surface area contributed by atoms with Gasteiger partial charge in [-0.3, -0.25) is 9.78 Å². The molecule has 0 aromatic carbocycles. The fourth-order valence-corrected chi connectivity index (χ4v) is 4.08. The number of carbonyl (C=O) groups excluding carboxylic acids is 1. The summed E-state index contributed by atoms with van der Waals surface area (Å²) in [4.78, 5) is 25.7. The molecule has 3 heterocycles. The van der Waals surface area contributed by atoms with Gasteiger partial charge >= 0.3 is 0 Å². The molecule has 1 amide bonds. The molecule has 8 heteroatoms. The van der Waals surface area contributed by atoms with Crippen LogP contribution in [0.3, 0.4) is 0 Å². The van der Waals surface area contributed by atoms with Gasteiger partial charge in [0.15, 0.2) is 5.82 Å². The lowest BCUT2D eigenvalue weighted by Crippen LogP contribution is -2.29. The maximum atomic E-state index is 12.6. The van der Waals surface area contributed by atoms with E-state index < -0.39 is 0 Å². The fourth-order valence-electron chi connectivity index (χ4n) is 4.08. The third-order valence-corrected chi connectivity index (χ3v) is 6.30. The van der Waals surface area contributed by atoms with Gasteiger partial charge in [-0.15, -0.1) is 0 Å². The summed E-state index contributed by atoms with van der Waals surface area (Å²) in [5, 5.41) is 7.12. The molecule has 1 N–H and O–H groups in total. The van der Waals surface area contributed by atoms with Gasteiger partial charge in [0, 0.05) is 25.6 Å². The van der Waals surface area contributed by atoms with Crippen molar-refractivity contribution in [3.8, 4) is 0 Å². The first-order valence-corrected chi connectivity index (χ1v) is 12.4. The number of rotatable bonds is 14. The number of unbranched alkanes of at least 4 members (excludes halogenated alkanes) is 4. The van der Waals surface area contributed by atoms with Crippen LogP contribution in [0.2, 0.25) is 0 Å². The molecule has 0 fully saturated rings. The number of aryl methyl sites for hydroxylation is 3. The van der Waals surface area contributed by atoms with Crippen molar-refractivity contribution in [3.05, 3.63) is 36.0 Å². The van der Waals surface area contributed by atoms with E-state index in [0.717, 1.165) is 74.8 Å². The second-order valence-corrected chi connectivity index (χ2v) is 8.96. The molecule has 3 aromatic rings. The Morgan fingerprint density at radius 3 is 2.70 bits per heavy atom. The molecule has 180 valence electrons. The zero-order chi connectivity index (χ0) is 23.6. The molecule has 0 saturated carbocycles. The van der Waals surface area contributed by atoms with Gasteiger partial charge in [0.25, 0.3) is 0 Å². The first kappa shape index (κ1) is 24.9. The van der Waals surface area contributed by atoms with Crippen molar-refractivity contribution in [2.45, 2.75) is 98.1 Å². The van der Waals surface area contributed by atoms with Crippen LogP contribution in [0, 0.1) is 12.8 Å². The summed E-state index contributed by atoms with van der Waals surface area (Å²) in [5.41, 5.74) is 2.11. The minimum Gasteiger partial charge on any atom is -0.344 e. The Balaban J connectivity index is 1.37. The maximum Gasteiger partial charge on any atom is 0.249 e. The van der Waals surface area contributed by atoms with Crippen LogP contribution in [0.1, 0.15) is 95.7 Å². The standard InChI is InChI=1S/C25H38N6O2/c1-5-18(3)16-20(25-29-23(6-2)30-33-25)28-24(32)12-10-8-7-9-11-15-31-19(4)27-21-17-26-14-13-22(21)31/h13-14,17-18,20H,5-12,15-16H2,1-4H3,(H,28,32). The van der Waals surface area contributed by atoms with Crippen LogP contribution in [0.5, 0.6) is 0 Å². The fraction of sp³-hybridized carbons (Fsp3) is 0.640. The molecule has 0 aliphatic heterocycles. The van der Waals surface area contributed by atoms with Crippen molar-refractivity contribution < 1.29 is 9.32 Å². The number of nitrogens with one attached hydrogen (secondary N) is 1. The first-order valence-electron chi connectivity index (χ1n) is 12.4. The normalized spacial score (nSPS) is 13.3. The van der Waals surface area contributed by atoms with Crippen molar-refractivity contribution in [2.24, 2.45) is 5.92 Å². The Morgan fingerprint density at radius 2 is 1.94 bits per heavy atom. The van der Waals surface area contributed by atoms with Gasteiger partial charge in [0.1, 0.15) is 17.4 Å². The molecule has 2 unspecified atom stereocenters. The molecule has 0 bridgehead atoms. The SMILES string of the molecule is CCc1noc(C(CC(C)CC)NC(=O)CCCCCCCn2c(C)nc3cnccc32)n1. The molecular formula is C25H38N6O2. The van der Waals surface area contributed by atoms with Gasteiger partial charge in [0.05, 0.1) is 11.7 Å². The molecule has 0 radical (unpaired) electrons. The average molecular weight is 455 g/mol. The Labute approximate surface area is 196 Å². The minimum absolute atomic E-state index is 0.0636. The lowest BCUT2D eigenvalue weighted by Gasteiger charge is -2.18. The van der Waals surface area contributed by atoms with E-state index in [1.807, 2.05) is 32.3 Å². The Morgan fingerprint density at radius 1 is 1.15 bits per heavy atom. The first-order chi connectivity index (χ1) is 16.0. The molecule has 3 rings (SSSR count). The Hall–Kier alpha value is -2.77. The van der Waals surface area contributed by atoms with Crippen LogP contribution >= 0.6 is 0 Å². The summed E-state index contributed by atoms with van der Waals surface area (Å²) in [6.45, 7) is 9.34. The molecule has 0 aliphatic carbocycles. The van der Waals surface area contributed by atoms with Crippen LogP contribution in [0.4, 0.5) is 0 Å². The van der Waals surface area contributed by atoms with Gasteiger partial charge in [-0.25, -0.2) is 4.98 Å². The Bertz CT molecular complexity index is 1010. The van der Waals surface area contributed by atoms with Crippen molar-refractivity contribution in [3.63, 3.8) is 0 Å². The third-order valence-electron chi connectivity index (χ3n) is 6.30. The lowest BCUT2D eigenvalue weighted by molar-refractivity contribution is -0.122. The molecule has 3 aromatic heterocycles. The smallest absolute Gasteiger partial charge is 0.249 e. The van der Waals surface area contributed by atoms with Gasteiger partial charge < -0.3 is 14.4 Å². The number of hydrogen-bond acceptors (Lipinski definition) is 6. The number of aromatic nitrogens is 5. The minimum atomic E-state index is -0.205. The number of carbonyl (C=O) groups is 1. The van der Waals surface area contributed by atoms with Gasteiger partial charge in [0.2, 0.25) is 11.8 Å². The summed E-state index contributed by atoms with van der Waals surface area (Å²) in [6, 6.07) is 1.82. The van der Waals surface area contributed by atoms with Crippen LogP contribution in [-0.2, 0) is 17.8 Å². The zero-order valence-corrected chi connectivity index (χ0v) is 20.5. The second kappa shape index (κ2) is 12.5. The van der Waals surface area contributed by atoms with Gasteiger partial charge in [-0.1, -0.05) is 51.6 Å². The van der Waals surface area contributed by atoms with E-state index in [1.165, 1.54) is 0 Å². The van der Waals surface area contributed by atoms with Crippen LogP contribution in [0.15, 0.2) is 23.0 Å². The van der Waals surface area contributed by atoms with Crippen molar-refractivity contribution >= 4 is 16.9 Å². The third kappa shape index (κ3) is 7.11. The summed E-state index contributed by atoms with van der Waals surface area (Å²) in [5.74, 6) is 2.78. The maximum absolute atomic E-state index is 12.6. The highest BCUT2D eigenvalue weighted by Gasteiger charge is 2.22. The second-order valence-electron chi connectivity index (χ2n) is 8.96. The average Bonchev–Trinajstić information content (AvgIpc) is 3.42. The summed E-state index contributed by atoms with van der Waals surface area (Å²) in [7, 11) is 0. The number of pyridine rings is 1. The molecular weight excluding hydrogens is 416 g/mol. The number of fused-ring (bicyclic) bond motifs is 1. The number of imidazole rings is 1. The monoisotopic (exact) mass is 454 g/mol. The highest BCUT2D eigenvalue weighted by atomic mass is 16.5. The van der Waals surface area contributed by atoms with E-state index in [1.54, 1.807) is 0 Å². The number of amides is 1. The van der Waals surface area contributed by atoms with Crippen LogP contribution in [-0.4, -0.2) is 30.6 Å². The number of hydrogen-bond donors (Lipinski definition) is 1. The topological polar surface area (TPSA) is 98.7 Å². The lowest BCUT2D eigenvalue weighted by atomic mass is 9.99. The van der Waals surface area contributed by atoms with E-state index >= 15 is 0 Å². The highest BCUT2D eigenvalue weighted by Crippen LogP contribution is 2.22. The van der Waals surface area contributed by atoms with E-state index in [9.17, 15) is 4.79 Å². The number of nitrogens with zero attached hydrogens (tertiary/aromatic N) is 5. The van der Waals surface area contributed by atoms with E-state index in [2.05, 4.69) is 43.8 Å². The molecule has 0 aliphatic rings. The molecule has 33 heavy (non-hydrogen) atoms. The highest BCUT2D eigenvalue weighted by molar-refractivity contribution is 5.76. The molecule has 8 nitrogen and oxygen atoms in total. The summed E-state index contributed by atoms with van der Waals surface area (Å²) < 4.78 is 7.68. The van der Waals surface area contributed by atoms with E-state index in [-0.39, 0.29) is 11.9 Å². The predicted octanol–water partition coefficient (Wildman–Crippen LogP) is 5.32. The predicted molar refractivity (Wildman–Crippen MR) is 129 cm³/mol. The molecule has 0 spiro atoms. The zero-order valence-electron chi connectivity index (χ0n) is 20.5. The Kier molecular flexibility index (Phi) is 9.39. The van der Waals surface area contributed by atoms with Gasteiger partial charge in [-0.05, 0) is 38.2 Å². The van der Waals surface area contributed by atoms with Crippen molar-refractivity contribution in [1.82, 2.24) is 30.0 Å². The van der Waals surface area contributed by atoms with Crippen LogP contribution in [0.25, 0.3) is 11.0 Å². The van der Waals surface area contributed by atoms with E-state index in [0.29, 0.717) is 24.1 Å². The molecule has 0 saturated heterocycles. The quantitative estimate of drug-likeness (QED) is 0.331. The van der Waals surface area contributed by atoms with Crippen molar-refractivity contribution in [2.75, 3.05) is 0 Å².